The van der Waals surface area contributed by atoms with Crippen LogP contribution in [-0.4, -0.2) is 22.2 Å². The summed E-state index contributed by atoms with van der Waals surface area (Å²) in [6.07, 6.45) is -5.31. The van der Waals surface area contributed by atoms with E-state index in [9.17, 15) is 22.4 Å². The SMILES string of the molecule is O=C(O)CC(c1c(Cl)ccnc1F)C(F)(F)F. The number of hydrogen-bond donors (Lipinski definition) is 1. The molecule has 3 nitrogen and oxygen atoms in total. The van der Waals surface area contributed by atoms with Gasteiger partial charge in [-0.2, -0.15) is 17.6 Å². The van der Waals surface area contributed by atoms with Gasteiger partial charge in [0.25, 0.3) is 0 Å². The molecule has 1 rings (SSSR count). The number of hydrogen-bond acceptors (Lipinski definition) is 2. The number of carbonyl (C=O) groups is 1. The summed E-state index contributed by atoms with van der Waals surface area (Å²) in [6.45, 7) is 0. The molecule has 0 aliphatic rings. The highest BCUT2D eigenvalue weighted by atomic mass is 35.5. The lowest BCUT2D eigenvalue weighted by Gasteiger charge is -2.19. The third-order valence-corrected chi connectivity index (χ3v) is 2.34. The van der Waals surface area contributed by atoms with Gasteiger partial charge in [-0.25, -0.2) is 4.98 Å². The van der Waals surface area contributed by atoms with Crippen LogP contribution in [0.5, 0.6) is 0 Å². The molecule has 1 atom stereocenters. The van der Waals surface area contributed by atoms with Crippen LogP contribution in [-0.2, 0) is 4.79 Å². The molecule has 0 aliphatic carbocycles. The molecule has 0 fully saturated rings. The molecule has 1 aromatic rings. The zero-order valence-corrected chi connectivity index (χ0v) is 8.89. The molecule has 1 aromatic heterocycles. The predicted octanol–water partition coefficient (Wildman–Crippen LogP) is 2.99. The highest BCUT2D eigenvalue weighted by Crippen LogP contribution is 2.40. The van der Waals surface area contributed by atoms with E-state index in [4.69, 9.17) is 16.7 Å². The predicted molar refractivity (Wildman–Crippen MR) is 50.3 cm³/mol. The standard InChI is InChI=1S/C9H6ClF4NO2/c10-5-1-2-15-8(11)7(5)4(3-6(16)17)9(12,13)14/h1-2,4H,3H2,(H,16,17). The number of rotatable bonds is 3. The van der Waals surface area contributed by atoms with Crippen LogP contribution in [0.15, 0.2) is 12.3 Å². The van der Waals surface area contributed by atoms with E-state index in [1.807, 2.05) is 0 Å². The first kappa shape index (κ1) is 13.7. The maximum atomic E-state index is 13.2. The zero-order chi connectivity index (χ0) is 13.2. The highest BCUT2D eigenvalue weighted by molar-refractivity contribution is 6.31. The van der Waals surface area contributed by atoms with Crippen molar-refractivity contribution in [3.63, 3.8) is 0 Å². The van der Waals surface area contributed by atoms with Crippen LogP contribution in [0.1, 0.15) is 17.9 Å². The van der Waals surface area contributed by atoms with Crippen LogP contribution in [0.2, 0.25) is 5.02 Å². The smallest absolute Gasteiger partial charge is 0.396 e. The van der Waals surface area contributed by atoms with Crippen molar-refractivity contribution in [1.82, 2.24) is 4.98 Å². The molecule has 1 heterocycles. The van der Waals surface area contributed by atoms with Gasteiger partial charge in [0.2, 0.25) is 5.95 Å². The number of carboxylic acid groups (broad SMARTS) is 1. The summed E-state index contributed by atoms with van der Waals surface area (Å²) < 4.78 is 51.0. The Balaban J connectivity index is 3.27. The van der Waals surface area contributed by atoms with E-state index in [-0.39, 0.29) is 0 Å². The number of aliphatic carboxylic acids is 1. The van der Waals surface area contributed by atoms with E-state index in [0.717, 1.165) is 12.3 Å². The largest absolute Gasteiger partial charge is 0.481 e. The van der Waals surface area contributed by atoms with Crippen LogP contribution in [0.3, 0.4) is 0 Å². The molecule has 94 valence electrons. The quantitative estimate of drug-likeness (QED) is 0.679. The van der Waals surface area contributed by atoms with Crippen molar-refractivity contribution in [2.45, 2.75) is 18.5 Å². The summed E-state index contributed by atoms with van der Waals surface area (Å²) in [4.78, 5) is 13.4. The average molecular weight is 272 g/mol. The van der Waals surface area contributed by atoms with Crippen LogP contribution < -0.4 is 0 Å². The normalized spacial score (nSPS) is 13.5. The number of aromatic nitrogens is 1. The molecule has 0 saturated heterocycles. The Bertz CT molecular complexity index is 415. The second kappa shape index (κ2) is 4.87. The van der Waals surface area contributed by atoms with E-state index >= 15 is 0 Å². The molecule has 0 radical (unpaired) electrons. The summed E-state index contributed by atoms with van der Waals surface area (Å²) in [5.74, 6) is -5.63. The Hall–Kier alpha value is -1.37. The Labute approximate surface area is 98.0 Å². The van der Waals surface area contributed by atoms with Gasteiger partial charge < -0.3 is 5.11 Å². The zero-order valence-electron chi connectivity index (χ0n) is 8.13. The molecular formula is C9H6ClF4NO2. The first-order chi connectivity index (χ1) is 7.73. The lowest BCUT2D eigenvalue weighted by Crippen LogP contribution is -2.25. The van der Waals surface area contributed by atoms with E-state index in [2.05, 4.69) is 4.98 Å². The van der Waals surface area contributed by atoms with Crippen LogP contribution in [0.25, 0.3) is 0 Å². The van der Waals surface area contributed by atoms with E-state index in [1.54, 1.807) is 0 Å². The van der Waals surface area contributed by atoms with Crippen molar-refractivity contribution in [2.75, 3.05) is 0 Å². The summed E-state index contributed by atoms with van der Waals surface area (Å²) in [5.41, 5.74) is -0.941. The third kappa shape index (κ3) is 3.29. The molecule has 0 aromatic carbocycles. The van der Waals surface area contributed by atoms with E-state index < -0.39 is 41.0 Å². The molecule has 17 heavy (non-hydrogen) atoms. The molecule has 1 unspecified atom stereocenters. The third-order valence-electron chi connectivity index (χ3n) is 2.01. The van der Waals surface area contributed by atoms with Gasteiger partial charge in [-0.3, -0.25) is 4.79 Å². The van der Waals surface area contributed by atoms with Crippen molar-refractivity contribution < 1.29 is 27.5 Å². The summed E-state index contributed by atoms with van der Waals surface area (Å²) in [7, 11) is 0. The van der Waals surface area contributed by atoms with Crippen molar-refractivity contribution in [3.05, 3.63) is 28.8 Å². The van der Waals surface area contributed by atoms with Gasteiger partial charge in [-0.05, 0) is 6.07 Å². The van der Waals surface area contributed by atoms with Gasteiger partial charge in [0, 0.05) is 11.8 Å². The minimum atomic E-state index is -4.91. The van der Waals surface area contributed by atoms with Gasteiger partial charge in [-0.1, -0.05) is 11.6 Å². The molecule has 8 heteroatoms. The van der Waals surface area contributed by atoms with Crippen molar-refractivity contribution >= 4 is 17.6 Å². The second-order valence-corrected chi connectivity index (χ2v) is 3.60. The number of carboxylic acids is 1. The molecule has 0 amide bonds. The Morgan fingerprint density at radius 3 is 2.53 bits per heavy atom. The van der Waals surface area contributed by atoms with Crippen molar-refractivity contribution in [2.24, 2.45) is 0 Å². The monoisotopic (exact) mass is 271 g/mol. The molecule has 0 saturated carbocycles. The Morgan fingerprint density at radius 2 is 2.12 bits per heavy atom. The van der Waals surface area contributed by atoms with Gasteiger partial charge in [0.1, 0.15) is 0 Å². The minimum Gasteiger partial charge on any atom is -0.481 e. The number of nitrogens with zero attached hydrogens (tertiary/aromatic N) is 1. The molecule has 0 bridgehead atoms. The van der Waals surface area contributed by atoms with Gasteiger partial charge in [0.05, 0.1) is 17.4 Å². The van der Waals surface area contributed by atoms with Gasteiger partial charge in [-0.15, -0.1) is 0 Å². The molecule has 1 N–H and O–H groups in total. The summed E-state index contributed by atoms with van der Waals surface area (Å²) >= 11 is 5.44. The fraction of sp³-hybridized carbons (Fsp3) is 0.333. The van der Waals surface area contributed by atoms with Gasteiger partial charge >= 0.3 is 12.1 Å². The lowest BCUT2D eigenvalue weighted by molar-refractivity contribution is -0.163. The fourth-order valence-electron chi connectivity index (χ4n) is 1.29. The minimum absolute atomic E-state index is 0.499. The number of pyridine rings is 1. The Kier molecular flexibility index (Phi) is 3.92. The van der Waals surface area contributed by atoms with Crippen LogP contribution in [0, 0.1) is 5.95 Å². The lowest BCUT2D eigenvalue weighted by atomic mass is 9.96. The van der Waals surface area contributed by atoms with E-state index in [0.29, 0.717) is 0 Å². The van der Waals surface area contributed by atoms with Gasteiger partial charge in [0.15, 0.2) is 0 Å². The average Bonchev–Trinajstić information content (AvgIpc) is 2.13. The fourth-order valence-corrected chi connectivity index (χ4v) is 1.56. The molecule has 0 spiro atoms. The maximum absolute atomic E-state index is 13.2. The summed E-state index contributed by atoms with van der Waals surface area (Å²) in [5, 5.41) is 7.91. The Morgan fingerprint density at radius 1 is 1.53 bits per heavy atom. The first-order valence-electron chi connectivity index (χ1n) is 4.32. The van der Waals surface area contributed by atoms with Crippen LogP contribution >= 0.6 is 11.6 Å². The van der Waals surface area contributed by atoms with Crippen molar-refractivity contribution in [1.29, 1.82) is 0 Å². The number of halogens is 5. The molecule has 0 aliphatic heterocycles. The van der Waals surface area contributed by atoms with E-state index in [1.165, 1.54) is 0 Å². The topological polar surface area (TPSA) is 50.2 Å². The number of alkyl halides is 3. The molecular weight excluding hydrogens is 266 g/mol. The highest BCUT2D eigenvalue weighted by Gasteiger charge is 2.44. The van der Waals surface area contributed by atoms with Crippen LogP contribution in [0.4, 0.5) is 17.6 Å². The first-order valence-corrected chi connectivity index (χ1v) is 4.69. The van der Waals surface area contributed by atoms with Crippen molar-refractivity contribution in [3.8, 4) is 0 Å². The maximum Gasteiger partial charge on any atom is 0.396 e. The summed E-state index contributed by atoms with van der Waals surface area (Å²) in [6, 6.07) is 0.973. The second-order valence-electron chi connectivity index (χ2n) is 3.19.